The van der Waals surface area contributed by atoms with E-state index in [0.717, 1.165) is 31.5 Å². The van der Waals surface area contributed by atoms with Gasteiger partial charge in [-0.15, -0.1) is 10.2 Å². The Hall–Kier alpha value is -0.950. The van der Waals surface area contributed by atoms with Crippen molar-refractivity contribution in [2.75, 3.05) is 0 Å². The van der Waals surface area contributed by atoms with Crippen LogP contribution in [0.25, 0.3) is 0 Å². The Bertz CT molecular complexity index is 536. The molecular formula is C11H20N4O2S. The van der Waals surface area contributed by atoms with Gasteiger partial charge in [-0.3, -0.25) is 4.57 Å². The topological polar surface area (TPSA) is 90.9 Å². The molecule has 7 heteroatoms. The van der Waals surface area contributed by atoms with Crippen molar-refractivity contribution >= 4 is 10.0 Å². The van der Waals surface area contributed by atoms with E-state index >= 15 is 0 Å². The summed E-state index contributed by atoms with van der Waals surface area (Å²) in [7, 11) is -3.84. The Morgan fingerprint density at radius 1 is 1.22 bits per heavy atom. The highest BCUT2D eigenvalue weighted by atomic mass is 32.2. The van der Waals surface area contributed by atoms with Crippen LogP contribution in [0.3, 0.4) is 0 Å². The second kappa shape index (κ2) is 4.31. The molecule has 2 rings (SSSR count). The summed E-state index contributed by atoms with van der Waals surface area (Å²) in [6.07, 6.45) is 4.40. The molecule has 2 N–H and O–H groups in total. The zero-order chi connectivity index (χ0) is 13.6. The van der Waals surface area contributed by atoms with Gasteiger partial charge in [-0.1, -0.05) is 12.8 Å². The van der Waals surface area contributed by atoms with Crippen LogP contribution in [0.15, 0.2) is 5.16 Å². The Kier molecular flexibility index (Phi) is 3.23. The quantitative estimate of drug-likeness (QED) is 0.879. The van der Waals surface area contributed by atoms with Crippen LogP contribution in [0.2, 0.25) is 0 Å². The fourth-order valence-corrected chi connectivity index (χ4v) is 3.32. The Morgan fingerprint density at radius 3 is 2.22 bits per heavy atom. The SMILES string of the molecule is CC(C)(C)n1c(C2CCCC2)nnc1S(N)(=O)=O. The molecule has 1 aromatic rings. The smallest absolute Gasteiger partial charge is 0.273 e. The number of rotatable bonds is 2. The van der Waals surface area contributed by atoms with Crippen molar-refractivity contribution in [3.63, 3.8) is 0 Å². The maximum atomic E-state index is 11.6. The molecule has 102 valence electrons. The first-order valence-corrected chi connectivity index (χ1v) is 7.74. The third-order valence-corrected chi connectivity index (χ3v) is 4.08. The first kappa shape index (κ1) is 13.5. The molecule has 1 aliphatic rings. The van der Waals surface area contributed by atoms with Gasteiger partial charge in [0.25, 0.3) is 15.2 Å². The summed E-state index contributed by atoms with van der Waals surface area (Å²) in [4.78, 5) is 0. The van der Waals surface area contributed by atoms with E-state index in [1.807, 2.05) is 20.8 Å². The summed E-state index contributed by atoms with van der Waals surface area (Å²) in [5, 5.41) is 13.0. The summed E-state index contributed by atoms with van der Waals surface area (Å²) >= 11 is 0. The van der Waals surface area contributed by atoms with Gasteiger partial charge in [-0.2, -0.15) is 0 Å². The summed E-state index contributed by atoms with van der Waals surface area (Å²) in [5.74, 6) is 1.05. The molecule has 1 fully saturated rings. The minimum atomic E-state index is -3.84. The Morgan fingerprint density at radius 2 is 1.78 bits per heavy atom. The predicted octanol–water partition coefficient (Wildman–Crippen LogP) is 1.34. The van der Waals surface area contributed by atoms with Gasteiger partial charge in [0.15, 0.2) is 0 Å². The second-order valence-electron chi connectivity index (χ2n) is 5.87. The number of nitrogens with two attached hydrogens (primary N) is 1. The summed E-state index contributed by atoms with van der Waals surface area (Å²) in [6, 6.07) is 0. The molecule has 0 aromatic carbocycles. The van der Waals surface area contributed by atoms with E-state index in [1.54, 1.807) is 4.57 Å². The van der Waals surface area contributed by atoms with Crippen LogP contribution >= 0.6 is 0 Å². The van der Waals surface area contributed by atoms with Gasteiger partial charge >= 0.3 is 0 Å². The van der Waals surface area contributed by atoms with Crippen LogP contribution in [-0.4, -0.2) is 23.2 Å². The van der Waals surface area contributed by atoms with E-state index in [-0.39, 0.29) is 5.16 Å². The number of hydrogen-bond donors (Lipinski definition) is 1. The molecular weight excluding hydrogens is 252 g/mol. The highest BCUT2D eigenvalue weighted by Crippen LogP contribution is 2.35. The van der Waals surface area contributed by atoms with E-state index in [1.165, 1.54) is 0 Å². The van der Waals surface area contributed by atoms with Crippen molar-refractivity contribution in [2.45, 2.75) is 63.1 Å². The molecule has 1 aromatic heterocycles. The van der Waals surface area contributed by atoms with E-state index in [0.29, 0.717) is 5.92 Å². The maximum absolute atomic E-state index is 11.6. The van der Waals surface area contributed by atoms with Crippen molar-refractivity contribution in [1.29, 1.82) is 0 Å². The van der Waals surface area contributed by atoms with Crippen LogP contribution < -0.4 is 5.14 Å². The molecule has 0 amide bonds. The third-order valence-electron chi connectivity index (χ3n) is 3.30. The van der Waals surface area contributed by atoms with Gasteiger partial charge in [0.1, 0.15) is 5.82 Å². The van der Waals surface area contributed by atoms with E-state index in [9.17, 15) is 8.42 Å². The number of aromatic nitrogens is 3. The maximum Gasteiger partial charge on any atom is 0.273 e. The fourth-order valence-electron chi connectivity index (χ4n) is 2.54. The van der Waals surface area contributed by atoms with E-state index in [2.05, 4.69) is 10.2 Å². The molecule has 0 atom stereocenters. The van der Waals surface area contributed by atoms with Gasteiger partial charge in [-0.05, 0) is 33.6 Å². The molecule has 0 radical (unpaired) electrons. The number of hydrogen-bond acceptors (Lipinski definition) is 4. The first-order valence-electron chi connectivity index (χ1n) is 6.20. The first-order chi connectivity index (χ1) is 8.21. The fraction of sp³-hybridized carbons (Fsp3) is 0.818. The molecule has 1 aliphatic carbocycles. The largest absolute Gasteiger partial charge is 0.295 e. The third kappa shape index (κ3) is 2.42. The molecule has 1 saturated carbocycles. The average molecular weight is 272 g/mol. The highest BCUT2D eigenvalue weighted by Gasteiger charge is 2.32. The van der Waals surface area contributed by atoms with Gasteiger partial charge < -0.3 is 0 Å². The summed E-state index contributed by atoms with van der Waals surface area (Å²) < 4.78 is 24.8. The van der Waals surface area contributed by atoms with Crippen molar-refractivity contribution in [2.24, 2.45) is 5.14 Å². The normalized spacial score (nSPS) is 18.4. The number of sulfonamides is 1. The molecule has 18 heavy (non-hydrogen) atoms. The van der Waals surface area contributed by atoms with Crippen molar-refractivity contribution < 1.29 is 8.42 Å². The van der Waals surface area contributed by atoms with Crippen LogP contribution in [-0.2, 0) is 15.6 Å². The molecule has 0 spiro atoms. The van der Waals surface area contributed by atoms with Gasteiger partial charge in [-0.25, -0.2) is 13.6 Å². The lowest BCUT2D eigenvalue weighted by molar-refractivity contribution is 0.341. The summed E-state index contributed by atoms with van der Waals surface area (Å²) in [6.45, 7) is 5.80. The average Bonchev–Trinajstić information content (AvgIpc) is 2.83. The predicted molar refractivity (Wildman–Crippen MR) is 67.6 cm³/mol. The lowest BCUT2D eigenvalue weighted by atomic mass is 10.0. The number of primary sulfonamides is 1. The minimum absolute atomic E-state index is 0.128. The minimum Gasteiger partial charge on any atom is -0.295 e. The van der Waals surface area contributed by atoms with Crippen LogP contribution in [0, 0.1) is 0 Å². The zero-order valence-corrected chi connectivity index (χ0v) is 11.9. The molecule has 0 saturated heterocycles. The lowest BCUT2D eigenvalue weighted by Crippen LogP contribution is -2.30. The van der Waals surface area contributed by atoms with Gasteiger partial charge in [0.2, 0.25) is 0 Å². The molecule has 0 unspecified atom stereocenters. The second-order valence-corrected chi connectivity index (χ2v) is 7.33. The molecule has 1 heterocycles. The van der Waals surface area contributed by atoms with Gasteiger partial charge in [0.05, 0.1) is 0 Å². The van der Waals surface area contributed by atoms with Crippen molar-refractivity contribution in [3.05, 3.63) is 5.82 Å². The monoisotopic (exact) mass is 272 g/mol. The van der Waals surface area contributed by atoms with Crippen LogP contribution in [0.1, 0.15) is 58.2 Å². The van der Waals surface area contributed by atoms with E-state index in [4.69, 9.17) is 5.14 Å². The highest BCUT2D eigenvalue weighted by molar-refractivity contribution is 7.89. The zero-order valence-electron chi connectivity index (χ0n) is 11.0. The molecule has 0 aliphatic heterocycles. The standard InChI is InChI=1S/C11H20N4O2S/c1-11(2,3)15-9(8-6-4-5-7-8)13-14-10(15)18(12,16)17/h8H,4-7H2,1-3H3,(H2,12,16,17). The summed E-state index contributed by atoms with van der Waals surface area (Å²) in [5.41, 5.74) is -0.400. The molecule has 0 bridgehead atoms. The Balaban J connectivity index is 2.58. The van der Waals surface area contributed by atoms with Crippen LogP contribution in [0.4, 0.5) is 0 Å². The van der Waals surface area contributed by atoms with Crippen LogP contribution in [0.5, 0.6) is 0 Å². The molecule has 6 nitrogen and oxygen atoms in total. The van der Waals surface area contributed by atoms with Gasteiger partial charge in [0, 0.05) is 11.5 Å². The van der Waals surface area contributed by atoms with Crippen molar-refractivity contribution in [1.82, 2.24) is 14.8 Å². The lowest BCUT2D eigenvalue weighted by Gasteiger charge is -2.26. The van der Waals surface area contributed by atoms with E-state index < -0.39 is 15.6 Å². The number of nitrogens with zero attached hydrogens (tertiary/aromatic N) is 3. The van der Waals surface area contributed by atoms with Crippen molar-refractivity contribution in [3.8, 4) is 0 Å². The Labute approximate surface area is 108 Å².